The average molecular weight is 296 g/mol. The van der Waals surface area contributed by atoms with E-state index >= 15 is 0 Å². The number of hydrogen-bond acceptors (Lipinski definition) is 4. The molecule has 0 saturated carbocycles. The first-order valence-electron chi connectivity index (χ1n) is 6.97. The summed E-state index contributed by atoms with van der Waals surface area (Å²) in [5.41, 5.74) is 0.615. The largest absolute Gasteiger partial charge is 0.495 e. The van der Waals surface area contributed by atoms with Crippen LogP contribution < -0.4 is 5.46 Å². The summed E-state index contributed by atoms with van der Waals surface area (Å²) in [5.74, 6) is -0.314. The molecule has 0 atom stereocenters. The summed E-state index contributed by atoms with van der Waals surface area (Å²) in [4.78, 5) is 0. The van der Waals surface area contributed by atoms with E-state index in [4.69, 9.17) is 18.8 Å². The number of ether oxygens (including phenoxy) is 2. The van der Waals surface area contributed by atoms with Gasteiger partial charge in [0.15, 0.2) is 0 Å². The van der Waals surface area contributed by atoms with Crippen LogP contribution in [0.5, 0.6) is 0 Å². The van der Waals surface area contributed by atoms with Gasteiger partial charge in [-0.2, -0.15) is 0 Å². The minimum atomic E-state index is -0.531. The summed E-state index contributed by atoms with van der Waals surface area (Å²) in [5, 5.41) is 0. The van der Waals surface area contributed by atoms with Crippen LogP contribution in [0.1, 0.15) is 33.3 Å². The third-order valence-electron chi connectivity index (χ3n) is 4.07. The molecule has 1 fully saturated rings. The Morgan fingerprint density at radius 1 is 1.14 bits per heavy atom. The summed E-state index contributed by atoms with van der Waals surface area (Å²) in [6, 6.07) is 4.53. The molecule has 1 heterocycles. The molecule has 1 aromatic carbocycles. The number of benzene rings is 1. The maximum absolute atomic E-state index is 13.5. The van der Waals surface area contributed by atoms with E-state index in [1.165, 1.54) is 12.1 Å². The van der Waals surface area contributed by atoms with E-state index in [2.05, 4.69) is 0 Å². The van der Waals surface area contributed by atoms with Crippen LogP contribution >= 0.6 is 0 Å². The highest BCUT2D eigenvalue weighted by Crippen LogP contribution is 2.36. The number of halogens is 1. The van der Waals surface area contributed by atoms with Gasteiger partial charge in [-0.1, -0.05) is 6.07 Å². The summed E-state index contributed by atoms with van der Waals surface area (Å²) in [7, 11) is 1.01. The van der Waals surface area contributed by atoms with Gasteiger partial charge in [-0.05, 0) is 50.9 Å². The van der Waals surface area contributed by atoms with E-state index in [1.807, 2.05) is 27.7 Å². The standard InChI is InChI=1S/C15H22BFO4/c1-14(2)15(3,4)21-16(20-14)13-7-6-12(17)8-11(13)9-19-10-18-5/h6-8H,9-10H2,1-5H3. The molecule has 2 rings (SSSR count). The molecular weight excluding hydrogens is 274 g/mol. The van der Waals surface area contributed by atoms with Crippen molar-refractivity contribution in [3.63, 3.8) is 0 Å². The molecule has 0 aromatic heterocycles. The zero-order valence-electron chi connectivity index (χ0n) is 13.2. The van der Waals surface area contributed by atoms with Crippen LogP contribution in [0.4, 0.5) is 4.39 Å². The lowest BCUT2D eigenvalue weighted by Gasteiger charge is -2.32. The van der Waals surface area contributed by atoms with Crippen molar-refractivity contribution >= 4 is 12.6 Å². The fourth-order valence-corrected chi connectivity index (χ4v) is 2.13. The lowest BCUT2D eigenvalue weighted by atomic mass is 9.76. The van der Waals surface area contributed by atoms with Crippen LogP contribution in [-0.2, 0) is 25.4 Å². The van der Waals surface area contributed by atoms with Crippen LogP contribution in [0.15, 0.2) is 18.2 Å². The topological polar surface area (TPSA) is 36.9 Å². The molecule has 21 heavy (non-hydrogen) atoms. The van der Waals surface area contributed by atoms with Crippen LogP contribution in [0, 0.1) is 5.82 Å². The maximum Gasteiger partial charge on any atom is 0.495 e. The summed E-state index contributed by atoms with van der Waals surface area (Å²) in [6.45, 7) is 8.33. The molecular formula is C15H22BFO4. The number of rotatable bonds is 5. The second-order valence-corrected chi connectivity index (χ2v) is 6.19. The molecule has 1 saturated heterocycles. The lowest BCUT2D eigenvalue weighted by Crippen LogP contribution is -2.41. The van der Waals surface area contributed by atoms with E-state index in [1.54, 1.807) is 13.2 Å². The van der Waals surface area contributed by atoms with Crippen LogP contribution in [0.2, 0.25) is 0 Å². The van der Waals surface area contributed by atoms with Gasteiger partial charge in [0.25, 0.3) is 0 Å². The van der Waals surface area contributed by atoms with Crippen molar-refractivity contribution in [2.24, 2.45) is 0 Å². The second-order valence-electron chi connectivity index (χ2n) is 6.19. The summed E-state index contributed by atoms with van der Waals surface area (Å²) in [6.07, 6.45) is 0. The molecule has 0 bridgehead atoms. The van der Waals surface area contributed by atoms with Gasteiger partial charge in [-0.15, -0.1) is 0 Å². The van der Waals surface area contributed by atoms with Crippen molar-refractivity contribution in [1.82, 2.24) is 0 Å². The van der Waals surface area contributed by atoms with Gasteiger partial charge in [-0.3, -0.25) is 0 Å². The number of methoxy groups -OCH3 is 1. The lowest BCUT2D eigenvalue weighted by molar-refractivity contribution is -0.0389. The maximum atomic E-state index is 13.5. The molecule has 1 aliphatic rings. The SMILES string of the molecule is COCOCc1cc(F)ccc1B1OC(C)(C)C(C)(C)O1. The molecule has 0 amide bonds. The van der Waals surface area contributed by atoms with E-state index in [9.17, 15) is 4.39 Å². The monoisotopic (exact) mass is 296 g/mol. The van der Waals surface area contributed by atoms with Crippen LogP contribution in [-0.4, -0.2) is 32.2 Å². The molecule has 1 aromatic rings. The predicted molar refractivity (Wildman–Crippen MR) is 78.8 cm³/mol. The van der Waals surface area contributed by atoms with Crippen molar-refractivity contribution < 1.29 is 23.2 Å². The summed E-state index contributed by atoms with van der Waals surface area (Å²) < 4.78 is 35.7. The fraction of sp³-hybridized carbons (Fsp3) is 0.600. The van der Waals surface area contributed by atoms with Crippen molar-refractivity contribution in [3.8, 4) is 0 Å². The Morgan fingerprint density at radius 3 is 2.33 bits per heavy atom. The van der Waals surface area contributed by atoms with Crippen LogP contribution in [0.25, 0.3) is 0 Å². The Bertz CT molecular complexity index is 488. The minimum absolute atomic E-state index is 0.152. The highest BCUT2D eigenvalue weighted by molar-refractivity contribution is 6.62. The minimum Gasteiger partial charge on any atom is -0.399 e. The molecule has 0 aliphatic carbocycles. The second kappa shape index (κ2) is 6.05. The third-order valence-corrected chi connectivity index (χ3v) is 4.07. The van der Waals surface area contributed by atoms with E-state index < -0.39 is 18.3 Å². The Hall–Kier alpha value is -0.945. The zero-order valence-corrected chi connectivity index (χ0v) is 13.2. The van der Waals surface area contributed by atoms with Gasteiger partial charge >= 0.3 is 7.12 Å². The van der Waals surface area contributed by atoms with E-state index in [0.717, 1.165) is 5.46 Å². The predicted octanol–water partition coefficient (Wildman–Crippen LogP) is 2.25. The smallest absolute Gasteiger partial charge is 0.399 e. The Kier molecular flexibility index (Phi) is 4.73. The molecule has 1 aliphatic heterocycles. The molecule has 116 valence electrons. The van der Waals surface area contributed by atoms with Gasteiger partial charge in [0.2, 0.25) is 0 Å². The van der Waals surface area contributed by atoms with Crippen molar-refractivity contribution in [3.05, 3.63) is 29.6 Å². The Labute approximate surface area is 125 Å². The normalized spacial score (nSPS) is 20.0. The Balaban J connectivity index is 2.24. The van der Waals surface area contributed by atoms with E-state index in [0.29, 0.717) is 5.56 Å². The Morgan fingerprint density at radius 2 is 1.76 bits per heavy atom. The van der Waals surface area contributed by atoms with Crippen molar-refractivity contribution in [2.45, 2.75) is 45.5 Å². The molecule has 0 radical (unpaired) electrons. The van der Waals surface area contributed by atoms with Gasteiger partial charge in [-0.25, -0.2) is 4.39 Å². The van der Waals surface area contributed by atoms with Gasteiger partial charge in [0.05, 0.1) is 17.8 Å². The molecule has 0 spiro atoms. The van der Waals surface area contributed by atoms with Crippen LogP contribution in [0.3, 0.4) is 0 Å². The average Bonchev–Trinajstić information content (AvgIpc) is 2.58. The first kappa shape index (κ1) is 16.4. The fourth-order valence-electron chi connectivity index (χ4n) is 2.13. The van der Waals surface area contributed by atoms with Gasteiger partial charge in [0.1, 0.15) is 12.6 Å². The van der Waals surface area contributed by atoms with Gasteiger partial charge < -0.3 is 18.8 Å². The summed E-state index contributed by atoms with van der Waals surface area (Å²) >= 11 is 0. The number of hydrogen-bond donors (Lipinski definition) is 0. The molecule has 0 N–H and O–H groups in total. The van der Waals surface area contributed by atoms with E-state index in [-0.39, 0.29) is 19.2 Å². The first-order chi connectivity index (χ1) is 9.77. The van der Waals surface area contributed by atoms with Gasteiger partial charge in [0, 0.05) is 7.11 Å². The highest BCUT2D eigenvalue weighted by atomic mass is 19.1. The zero-order chi connectivity index (χ0) is 15.7. The van der Waals surface area contributed by atoms with Crippen molar-refractivity contribution in [2.75, 3.05) is 13.9 Å². The molecule has 4 nitrogen and oxygen atoms in total. The first-order valence-corrected chi connectivity index (χ1v) is 6.97. The van der Waals surface area contributed by atoms with Crippen molar-refractivity contribution in [1.29, 1.82) is 0 Å². The molecule has 6 heteroatoms. The quantitative estimate of drug-likeness (QED) is 0.474. The third kappa shape index (κ3) is 3.45. The highest BCUT2D eigenvalue weighted by Gasteiger charge is 2.52. The molecule has 0 unspecified atom stereocenters.